The summed E-state index contributed by atoms with van der Waals surface area (Å²) in [6.07, 6.45) is 35.8. The Morgan fingerprint density at radius 3 is 1.50 bits per heavy atom. The Morgan fingerprint density at radius 2 is 1.04 bits per heavy atom. The number of unbranched alkanes of at least 4 members (excludes halogenated alkanes) is 16. The average molecular weight is 649 g/mol. The maximum Gasteiger partial charge on any atom is 0.306 e. The number of ether oxygens (including phenoxy) is 2. The summed E-state index contributed by atoms with van der Waals surface area (Å²) in [4.78, 5) is 26.4. The molecule has 0 aromatic heterocycles. The third kappa shape index (κ3) is 33.7. The molecule has 0 radical (unpaired) electrons. The van der Waals surface area contributed by atoms with Crippen LogP contribution in [0.5, 0.6) is 0 Å². The molecule has 0 bridgehead atoms. The van der Waals surface area contributed by atoms with Crippen molar-refractivity contribution in [3.8, 4) is 0 Å². The van der Waals surface area contributed by atoms with E-state index >= 15 is 0 Å². The molecule has 0 atom stereocenters. The molecule has 0 aromatic carbocycles. The molecule has 0 rings (SSSR count). The van der Waals surface area contributed by atoms with Crippen LogP contribution in [-0.4, -0.2) is 63.8 Å². The van der Waals surface area contributed by atoms with Gasteiger partial charge in [0.25, 0.3) is 0 Å². The highest BCUT2D eigenvalue weighted by atomic mass is 16.5. The molecule has 6 heteroatoms. The molecule has 46 heavy (non-hydrogen) atoms. The lowest BCUT2D eigenvalue weighted by Crippen LogP contribution is -2.31. The van der Waals surface area contributed by atoms with E-state index in [9.17, 15) is 9.59 Å². The van der Waals surface area contributed by atoms with Gasteiger partial charge in [0.2, 0.25) is 0 Å². The van der Waals surface area contributed by atoms with Gasteiger partial charge in [-0.25, -0.2) is 0 Å². The minimum atomic E-state index is -0.0588. The molecule has 0 amide bonds. The molecular formula is C40H76N2O4. The molecule has 0 aliphatic carbocycles. The zero-order chi connectivity index (χ0) is 33.8. The highest BCUT2D eigenvalue weighted by Crippen LogP contribution is 2.20. The number of nitrogens with one attached hydrogen (secondary N) is 1. The molecule has 0 aliphatic rings. The van der Waals surface area contributed by atoms with Crippen LogP contribution in [0.1, 0.15) is 168 Å². The average Bonchev–Trinajstić information content (AvgIpc) is 3.05. The van der Waals surface area contributed by atoms with Crippen LogP contribution in [0, 0.1) is 5.92 Å². The number of nitrogens with zero attached hydrogens (tertiary/aromatic N) is 1. The summed E-state index contributed by atoms with van der Waals surface area (Å²) in [5.41, 5.74) is 0. The summed E-state index contributed by atoms with van der Waals surface area (Å²) in [5.74, 6) is 0.624. The maximum absolute atomic E-state index is 12.0. The summed E-state index contributed by atoms with van der Waals surface area (Å²) < 4.78 is 10.7. The molecular weight excluding hydrogens is 572 g/mol. The second-order valence-electron chi connectivity index (χ2n) is 13.4. The van der Waals surface area contributed by atoms with E-state index in [1.54, 1.807) is 0 Å². The third-order valence-electron chi connectivity index (χ3n) is 8.76. The molecule has 0 spiro atoms. The fraction of sp³-hybridized carbons (Fsp3) is 0.850. The van der Waals surface area contributed by atoms with Gasteiger partial charge in [0.1, 0.15) is 13.2 Å². The molecule has 0 heterocycles. The Balaban J connectivity index is 3.98. The number of esters is 2. The van der Waals surface area contributed by atoms with Crippen LogP contribution in [0.2, 0.25) is 0 Å². The highest BCUT2D eigenvalue weighted by molar-refractivity contribution is 5.69. The normalized spacial score (nSPS) is 11.9. The number of carbonyl (C=O) groups excluding carboxylic acids is 2. The third-order valence-corrected chi connectivity index (χ3v) is 8.76. The number of rotatable bonds is 35. The van der Waals surface area contributed by atoms with E-state index < -0.39 is 0 Å². The van der Waals surface area contributed by atoms with Crippen molar-refractivity contribution in [2.45, 2.75) is 168 Å². The Bertz CT molecular complexity index is 672. The van der Waals surface area contributed by atoms with Gasteiger partial charge >= 0.3 is 11.9 Å². The lowest BCUT2D eigenvalue weighted by atomic mass is 9.93. The molecule has 0 saturated carbocycles. The summed E-state index contributed by atoms with van der Waals surface area (Å²) in [7, 11) is 4.26. The van der Waals surface area contributed by atoms with E-state index in [0.717, 1.165) is 57.5 Å². The van der Waals surface area contributed by atoms with Crippen molar-refractivity contribution in [3.63, 3.8) is 0 Å². The first-order valence-corrected chi connectivity index (χ1v) is 19.5. The lowest BCUT2D eigenvalue weighted by molar-refractivity contribution is -0.143. The minimum Gasteiger partial charge on any atom is -0.461 e. The molecule has 6 nitrogen and oxygen atoms in total. The standard InChI is InChI=1S/C40H76N2O4/c1-5-7-9-11-13-21-27-35-45-39(43)31-25-19-15-17-23-29-38(37-42(4)34-33-41-3)30-24-18-16-20-26-32-40(44)46-36-28-22-14-12-10-8-6-2/h21-22,27-28,38,41H,5-20,23-26,29-37H2,1-4H3/b27-21+,28-22+. The van der Waals surface area contributed by atoms with Crippen LogP contribution in [0.3, 0.4) is 0 Å². The summed E-state index contributed by atoms with van der Waals surface area (Å²) in [6, 6.07) is 0. The van der Waals surface area contributed by atoms with Crippen molar-refractivity contribution in [2.75, 3.05) is 46.9 Å². The number of carbonyl (C=O) groups is 2. The molecule has 1 N–H and O–H groups in total. The Labute approximate surface area is 285 Å². The molecule has 0 unspecified atom stereocenters. The van der Waals surface area contributed by atoms with Crippen molar-refractivity contribution in [3.05, 3.63) is 24.3 Å². The zero-order valence-electron chi connectivity index (χ0n) is 31.0. The quantitative estimate of drug-likeness (QED) is 0.0419. The SMILES string of the molecule is CCCCCC/C=C/COC(=O)CCCCCCCC(CCCCCCCC(=O)OC/C=C/CCCCCC)CN(C)CCNC. The Kier molecular flexibility index (Phi) is 34.9. The van der Waals surface area contributed by atoms with Gasteiger partial charge in [-0.2, -0.15) is 0 Å². The van der Waals surface area contributed by atoms with E-state index in [2.05, 4.69) is 43.3 Å². The lowest BCUT2D eigenvalue weighted by Gasteiger charge is -2.24. The van der Waals surface area contributed by atoms with Gasteiger partial charge in [0, 0.05) is 32.5 Å². The number of hydrogen-bond acceptors (Lipinski definition) is 6. The number of likely N-dealkylation sites (N-methyl/N-ethyl adjacent to an activating group) is 2. The van der Waals surface area contributed by atoms with Crippen molar-refractivity contribution in [1.82, 2.24) is 10.2 Å². The van der Waals surface area contributed by atoms with Gasteiger partial charge < -0.3 is 19.7 Å². The topological polar surface area (TPSA) is 67.9 Å². The van der Waals surface area contributed by atoms with E-state index in [-0.39, 0.29) is 11.9 Å². The van der Waals surface area contributed by atoms with Crippen molar-refractivity contribution >= 4 is 11.9 Å². The Morgan fingerprint density at radius 1 is 0.609 bits per heavy atom. The van der Waals surface area contributed by atoms with Gasteiger partial charge in [-0.05, 0) is 71.4 Å². The first kappa shape index (κ1) is 44.3. The number of hydrogen-bond donors (Lipinski definition) is 1. The van der Waals surface area contributed by atoms with Crippen molar-refractivity contribution in [1.29, 1.82) is 0 Å². The van der Waals surface area contributed by atoms with E-state index in [1.807, 2.05) is 19.2 Å². The molecule has 0 fully saturated rings. The predicted molar refractivity (Wildman–Crippen MR) is 197 cm³/mol. The van der Waals surface area contributed by atoms with Crippen LogP contribution in [-0.2, 0) is 19.1 Å². The zero-order valence-corrected chi connectivity index (χ0v) is 31.0. The molecule has 0 aliphatic heterocycles. The van der Waals surface area contributed by atoms with Crippen molar-refractivity contribution < 1.29 is 19.1 Å². The summed E-state index contributed by atoms with van der Waals surface area (Å²) in [6.45, 7) is 8.57. The van der Waals surface area contributed by atoms with Crippen LogP contribution >= 0.6 is 0 Å². The minimum absolute atomic E-state index is 0.0588. The highest BCUT2D eigenvalue weighted by Gasteiger charge is 2.12. The van der Waals surface area contributed by atoms with Crippen LogP contribution in [0.4, 0.5) is 0 Å². The first-order valence-electron chi connectivity index (χ1n) is 19.5. The second kappa shape index (κ2) is 36.2. The number of allylic oxidation sites excluding steroid dienone is 2. The fourth-order valence-electron chi connectivity index (χ4n) is 5.80. The van der Waals surface area contributed by atoms with Crippen LogP contribution in [0.25, 0.3) is 0 Å². The largest absolute Gasteiger partial charge is 0.461 e. The molecule has 0 aromatic rings. The van der Waals surface area contributed by atoms with Gasteiger partial charge in [0.15, 0.2) is 0 Å². The van der Waals surface area contributed by atoms with E-state index in [1.165, 1.54) is 109 Å². The monoisotopic (exact) mass is 649 g/mol. The molecule has 0 saturated heterocycles. The van der Waals surface area contributed by atoms with Gasteiger partial charge in [-0.1, -0.05) is 128 Å². The van der Waals surface area contributed by atoms with Crippen LogP contribution < -0.4 is 5.32 Å². The van der Waals surface area contributed by atoms with E-state index in [0.29, 0.717) is 26.1 Å². The molecule has 270 valence electrons. The second-order valence-corrected chi connectivity index (χ2v) is 13.4. The summed E-state index contributed by atoms with van der Waals surface area (Å²) in [5, 5.41) is 3.27. The van der Waals surface area contributed by atoms with Gasteiger partial charge in [0.05, 0.1) is 0 Å². The van der Waals surface area contributed by atoms with E-state index in [4.69, 9.17) is 9.47 Å². The van der Waals surface area contributed by atoms with Gasteiger partial charge in [-0.3, -0.25) is 9.59 Å². The first-order chi connectivity index (χ1) is 22.5. The predicted octanol–water partition coefficient (Wildman–Crippen LogP) is 10.4. The van der Waals surface area contributed by atoms with Crippen LogP contribution in [0.15, 0.2) is 24.3 Å². The smallest absolute Gasteiger partial charge is 0.306 e. The Hall–Kier alpha value is -1.66. The van der Waals surface area contributed by atoms with Crippen molar-refractivity contribution in [2.24, 2.45) is 5.92 Å². The van der Waals surface area contributed by atoms with Gasteiger partial charge in [-0.15, -0.1) is 0 Å². The fourth-order valence-corrected chi connectivity index (χ4v) is 5.80. The summed E-state index contributed by atoms with van der Waals surface area (Å²) >= 11 is 0. The maximum atomic E-state index is 12.0.